The van der Waals surface area contributed by atoms with Crippen LogP contribution in [0, 0.1) is 0 Å². The molecule has 0 atom stereocenters. The van der Waals surface area contributed by atoms with Crippen LogP contribution in [0.2, 0.25) is 0 Å². The molecule has 0 saturated carbocycles. The normalized spacial score (nSPS) is 10.7. The first-order valence-corrected chi connectivity index (χ1v) is 4.89. The van der Waals surface area contributed by atoms with Crippen LogP contribution in [0.25, 0.3) is 17.3 Å². The van der Waals surface area contributed by atoms with Gasteiger partial charge < -0.3 is 0 Å². The summed E-state index contributed by atoms with van der Waals surface area (Å²) >= 11 is 0. The molecule has 0 bridgehead atoms. The summed E-state index contributed by atoms with van der Waals surface area (Å²) in [6.07, 6.45) is 9.25. The summed E-state index contributed by atoms with van der Waals surface area (Å²) in [4.78, 5) is 8.29. The van der Waals surface area contributed by atoms with Gasteiger partial charge in [-0.3, -0.25) is 9.97 Å². The van der Waals surface area contributed by atoms with Gasteiger partial charge in [-0.2, -0.15) is 0 Å². The summed E-state index contributed by atoms with van der Waals surface area (Å²) in [5, 5.41) is 0. The summed E-state index contributed by atoms with van der Waals surface area (Å²) in [5.74, 6) is 0. The highest BCUT2D eigenvalue weighted by Gasteiger charge is 1.97. The molecule has 0 radical (unpaired) electrons. The number of hydrogen-bond donors (Lipinski definition) is 0. The highest BCUT2D eigenvalue weighted by atomic mass is 14.8. The van der Waals surface area contributed by atoms with Crippen LogP contribution >= 0.6 is 0 Å². The Morgan fingerprint density at radius 3 is 2.47 bits per heavy atom. The van der Waals surface area contributed by atoms with Crippen LogP contribution in [0.15, 0.2) is 48.9 Å². The first kappa shape index (κ1) is 9.59. The Kier molecular flexibility index (Phi) is 2.88. The zero-order valence-electron chi connectivity index (χ0n) is 8.59. The van der Waals surface area contributed by atoms with Crippen molar-refractivity contribution < 1.29 is 0 Å². The molecule has 0 fully saturated rings. The van der Waals surface area contributed by atoms with Crippen LogP contribution < -0.4 is 0 Å². The fourth-order valence-corrected chi connectivity index (χ4v) is 1.41. The minimum Gasteiger partial charge on any atom is -0.261 e. The van der Waals surface area contributed by atoms with Gasteiger partial charge in [0, 0.05) is 18.0 Å². The quantitative estimate of drug-likeness (QED) is 0.737. The van der Waals surface area contributed by atoms with Gasteiger partial charge in [0.15, 0.2) is 0 Å². The number of nitrogens with zero attached hydrogens (tertiary/aromatic N) is 2. The third-order valence-corrected chi connectivity index (χ3v) is 2.13. The molecule has 1 aromatic heterocycles. The minimum absolute atomic E-state index is 0.907. The Morgan fingerprint density at radius 1 is 1.07 bits per heavy atom. The van der Waals surface area contributed by atoms with Gasteiger partial charge >= 0.3 is 0 Å². The summed E-state index contributed by atoms with van der Waals surface area (Å²) in [5.41, 5.74) is 3.20. The van der Waals surface area contributed by atoms with Crippen molar-refractivity contribution in [2.45, 2.75) is 6.92 Å². The van der Waals surface area contributed by atoms with Crippen LogP contribution in [0.1, 0.15) is 12.5 Å². The molecule has 2 aromatic rings. The van der Waals surface area contributed by atoms with E-state index in [4.69, 9.17) is 0 Å². The Morgan fingerprint density at radius 2 is 1.87 bits per heavy atom. The van der Waals surface area contributed by atoms with Gasteiger partial charge in [0.05, 0.1) is 11.9 Å². The Labute approximate surface area is 89.3 Å². The van der Waals surface area contributed by atoms with E-state index in [9.17, 15) is 0 Å². The van der Waals surface area contributed by atoms with Crippen molar-refractivity contribution >= 4 is 6.08 Å². The van der Waals surface area contributed by atoms with Crippen molar-refractivity contribution in [3.63, 3.8) is 0 Å². The number of hydrogen-bond acceptors (Lipinski definition) is 2. The van der Waals surface area contributed by atoms with Crippen molar-refractivity contribution in [3.8, 4) is 11.3 Å². The van der Waals surface area contributed by atoms with Crippen molar-refractivity contribution in [2.24, 2.45) is 0 Å². The summed E-state index contributed by atoms with van der Waals surface area (Å²) in [7, 11) is 0. The fraction of sp³-hybridized carbons (Fsp3) is 0.0769. The number of rotatable bonds is 2. The number of allylic oxidation sites excluding steroid dienone is 1. The van der Waals surface area contributed by atoms with Crippen LogP contribution in [-0.2, 0) is 0 Å². The average molecular weight is 196 g/mol. The number of benzene rings is 1. The standard InChI is InChI=1S/C13H12N2/c1-2-3-11-4-6-12(7-5-11)13-10-14-8-9-15-13/h2-10H,1H3/b3-2+. The zero-order valence-corrected chi connectivity index (χ0v) is 8.59. The van der Waals surface area contributed by atoms with Gasteiger partial charge in [0.1, 0.15) is 0 Å². The maximum atomic E-state index is 4.24. The molecule has 1 aromatic carbocycles. The van der Waals surface area contributed by atoms with E-state index < -0.39 is 0 Å². The Bertz CT molecular complexity index is 444. The molecule has 74 valence electrons. The van der Waals surface area contributed by atoms with Crippen molar-refractivity contribution in [3.05, 3.63) is 54.5 Å². The summed E-state index contributed by atoms with van der Waals surface area (Å²) in [6, 6.07) is 8.26. The average Bonchev–Trinajstić information content (AvgIpc) is 2.32. The Balaban J connectivity index is 2.32. The van der Waals surface area contributed by atoms with Crippen LogP contribution in [-0.4, -0.2) is 9.97 Å². The third-order valence-electron chi connectivity index (χ3n) is 2.13. The van der Waals surface area contributed by atoms with Gasteiger partial charge in [-0.25, -0.2) is 0 Å². The van der Waals surface area contributed by atoms with Crippen molar-refractivity contribution in [2.75, 3.05) is 0 Å². The van der Waals surface area contributed by atoms with Crippen LogP contribution in [0.5, 0.6) is 0 Å². The van der Waals surface area contributed by atoms with Crippen LogP contribution in [0.4, 0.5) is 0 Å². The van der Waals surface area contributed by atoms with E-state index in [1.807, 2.05) is 13.0 Å². The third kappa shape index (κ3) is 2.29. The molecule has 0 aliphatic rings. The summed E-state index contributed by atoms with van der Waals surface area (Å²) in [6.45, 7) is 2.01. The van der Waals surface area contributed by atoms with Crippen molar-refractivity contribution in [1.82, 2.24) is 9.97 Å². The topological polar surface area (TPSA) is 25.8 Å². The smallest absolute Gasteiger partial charge is 0.0885 e. The molecule has 2 nitrogen and oxygen atoms in total. The molecule has 0 aliphatic heterocycles. The largest absolute Gasteiger partial charge is 0.261 e. The molecular formula is C13H12N2. The predicted molar refractivity (Wildman–Crippen MR) is 62.2 cm³/mol. The minimum atomic E-state index is 0.907. The molecule has 1 heterocycles. The first-order valence-electron chi connectivity index (χ1n) is 4.89. The maximum absolute atomic E-state index is 4.24. The Hall–Kier alpha value is -1.96. The molecule has 0 saturated heterocycles. The highest BCUT2D eigenvalue weighted by molar-refractivity contribution is 5.61. The van der Waals surface area contributed by atoms with Gasteiger partial charge in [-0.15, -0.1) is 0 Å². The predicted octanol–water partition coefficient (Wildman–Crippen LogP) is 3.18. The van der Waals surface area contributed by atoms with Gasteiger partial charge in [0.25, 0.3) is 0 Å². The lowest BCUT2D eigenvalue weighted by molar-refractivity contribution is 1.21. The van der Waals surface area contributed by atoms with E-state index in [2.05, 4.69) is 40.3 Å². The second-order valence-corrected chi connectivity index (χ2v) is 3.21. The molecular weight excluding hydrogens is 184 g/mol. The van der Waals surface area contributed by atoms with Gasteiger partial charge in [-0.05, 0) is 12.5 Å². The van der Waals surface area contributed by atoms with E-state index in [0.29, 0.717) is 0 Å². The lowest BCUT2D eigenvalue weighted by Crippen LogP contribution is -1.83. The molecule has 2 heteroatoms. The second-order valence-electron chi connectivity index (χ2n) is 3.21. The monoisotopic (exact) mass is 196 g/mol. The van der Waals surface area contributed by atoms with Gasteiger partial charge in [-0.1, -0.05) is 36.4 Å². The molecule has 0 aliphatic carbocycles. The van der Waals surface area contributed by atoms with Gasteiger partial charge in [0.2, 0.25) is 0 Å². The summed E-state index contributed by atoms with van der Waals surface area (Å²) < 4.78 is 0. The second kappa shape index (κ2) is 4.51. The van der Waals surface area contributed by atoms with E-state index in [1.165, 1.54) is 5.56 Å². The van der Waals surface area contributed by atoms with Crippen molar-refractivity contribution in [1.29, 1.82) is 0 Å². The lowest BCUT2D eigenvalue weighted by Gasteiger charge is -1.99. The van der Waals surface area contributed by atoms with E-state index >= 15 is 0 Å². The molecule has 0 N–H and O–H groups in total. The lowest BCUT2D eigenvalue weighted by atomic mass is 10.1. The SMILES string of the molecule is C/C=C/c1ccc(-c2cnccn2)cc1. The zero-order chi connectivity index (χ0) is 10.5. The van der Waals surface area contributed by atoms with E-state index in [1.54, 1.807) is 18.6 Å². The molecule has 0 spiro atoms. The molecule has 2 rings (SSSR count). The van der Waals surface area contributed by atoms with Crippen LogP contribution in [0.3, 0.4) is 0 Å². The number of aromatic nitrogens is 2. The van der Waals surface area contributed by atoms with E-state index in [0.717, 1.165) is 11.3 Å². The molecule has 0 unspecified atom stereocenters. The highest BCUT2D eigenvalue weighted by Crippen LogP contribution is 2.16. The molecule has 15 heavy (non-hydrogen) atoms. The molecule has 0 amide bonds. The fourth-order valence-electron chi connectivity index (χ4n) is 1.41. The van der Waals surface area contributed by atoms with E-state index in [-0.39, 0.29) is 0 Å². The maximum Gasteiger partial charge on any atom is 0.0885 e. The first-order chi connectivity index (χ1) is 7.40.